The van der Waals surface area contributed by atoms with Gasteiger partial charge in [-0.15, -0.1) is 0 Å². The van der Waals surface area contributed by atoms with E-state index in [2.05, 4.69) is 5.32 Å². The van der Waals surface area contributed by atoms with E-state index in [0.29, 0.717) is 17.7 Å². The van der Waals surface area contributed by atoms with Crippen LogP contribution in [0.1, 0.15) is 25.8 Å². The Kier molecular flexibility index (Phi) is 6.21. The van der Waals surface area contributed by atoms with Crippen molar-refractivity contribution in [2.75, 3.05) is 6.61 Å². The van der Waals surface area contributed by atoms with Gasteiger partial charge < -0.3 is 15.2 Å². The second-order valence-corrected chi connectivity index (χ2v) is 4.67. The quantitative estimate of drug-likeness (QED) is 0.793. The molecule has 112 valence electrons. The van der Waals surface area contributed by atoms with E-state index in [1.165, 1.54) is 0 Å². The summed E-state index contributed by atoms with van der Waals surface area (Å²) in [5.41, 5.74) is 0.321. The molecule has 0 aliphatic rings. The highest BCUT2D eigenvalue weighted by atomic mass is 16.5. The predicted molar refractivity (Wildman–Crippen MR) is 75.7 cm³/mol. The van der Waals surface area contributed by atoms with Crippen LogP contribution in [0.25, 0.3) is 0 Å². The number of carboxylic acid groups (broad SMARTS) is 1. The maximum atomic E-state index is 11.8. The largest absolute Gasteiger partial charge is 0.482 e. The fraction of sp³-hybridized carbons (Fsp3) is 0.400. The number of hydrogen-bond acceptors (Lipinski definition) is 4. The van der Waals surface area contributed by atoms with Gasteiger partial charge in [0.25, 0.3) is 5.91 Å². The molecule has 0 aliphatic heterocycles. The number of carbonyl (C=O) groups is 2. The van der Waals surface area contributed by atoms with E-state index in [9.17, 15) is 9.59 Å². The molecule has 0 heterocycles. The third kappa shape index (κ3) is 4.80. The maximum absolute atomic E-state index is 11.8. The lowest BCUT2D eigenvalue weighted by molar-refractivity contribution is -0.143. The highest BCUT2D eigenvalue weighted by Gasteiger charge is 2.25. The molecule has 0 radical (unpaired) electrons. The molecule has 2 atom stereocenters. The highest BCUT2D eigenvalue weighted by molar-refractivity contribution is 5.84. The van der Waals surface area contributed by atoms with E-state index in [4.69, 9.17) is 15.1 Å². The third-order valence-corrected chi connectivity index (χ3v) is 3.16. The monoisotopic (exact) mass is 290 g/mol. The van der Waals surface area contributed by atoms with Crippen LogP contribution in [-0.4, -0.2) is 29.6 Å². The number of amides is 1. The van der Waals surface area contributed by atoms with Crippen LogP contribution in [0.3, 0.4) is 0 Å². The molecule has 0 aromatic heterocycles. The van der Waals surface area contributed by atoms with E-state index in [-0.39, 0.29) is 12.5 Å². The van der Waals surface area contributed by atoms with Crippen LogP contribution in [0.4, 0.5) is 0 Å². The first kappa shape index (κ1) is 16.5. The molecule has 21 heavy (non-hydrogen) atoms. The Morgan fingerprint density at radius 2 is 2.10 bits per heavy atom. The lowest BCUT2D eigenvalue weighted by Gasteiger charge is -2.20. The van der Waals surface area contributed by atoms with Gasteiger partial charge in [-0.05, 0) is 18.1 Å². The molecule has 0 fully saturated rings. The van der Waals surface area contributed by atoms with Crippen LogP contribution >= 0.6 is 0 Å². The number of carbonyl (C=O) groups excluding carboxylic acids is 1. The summed E-state index contributed by atoms with van der Waals surface area (Å²) in [6, 6.07) is 7.54. The number of nitrogens with zero attached hydrogens (tertiary/aromatic N) is 1. The fourth-order valence-corrected chi connectivity index (χ4v) is 1.73. The summed E-state index contributed by atoms with van der Waals surface area (Å²) in [4.78, 5) is 22.9. The molecule has 1 amide bonds. The molecule has 1 aromatic rings. The van der Waals surface area contributed by atoms with Crippen molar-refractivity contribution < 1.29 is 19.4 Å². The summed E-state index contributed by atoms with van der Waals surface area (Å²) < 4.78 is 5.26. The summed E-state index contributed by atoms with van der Waals surface area (Å²) in [5, 5.41) is 20.4. The molecule has 2 N–H and O–H groups in total. The van der Waals surface area contributed by atoms with Crippen molar-refractivity contribution in [3.8, 4) is 11.8 Å². The number of ether oxygens (including phenoxy) is 1. The third-order valence-electron chi connectivity index (χ3n) is 3.16. The second kappa shape index (κ2) is 7.90. The summed E-state index contributed by atoms with van der Waals surface area (Å²) in [6.07, 6.45) is 0.634. The van der Waals surface area contributed by atoms with Crippen LogP contribution in [0.5, 0.6) is 5.75 Å². The number of rotatable bonds is 7. The summed E-state index contributed by atoms with van der Waals surface area (Å²) in [6.45, 7) is 3.27. The van der Waals surface area contributed by atoms with Crippen molar-refractivity contribution in [2.24, 2.45) is 5.92 Å². The van der Waals surface area contributed by atoms with Crippen molar-refractivity contribution in [1.82, 2.24) is 5.32 Å². The van der Waals surface area contributed by atoms with Gasteiger partial charge in [0.2, 0.25) is 0 Å². The number of nitriles is 1. The number of hydrogen-bond donors (Lipinski definition) is 2. The summed E-state index contributed by atoms with van der Waals surface area (Å²) in [7, 11) is 0. The van der Waals surface area contributed by atoms with Gasteiger partial charge in [0.05, 0.1) is 5.56 Å². The topological polar surface area (TPSA) is 99.4 Å². The Morgan fingerprint density at radius 3 is 2.67 bits per heavy atom. The molecule has 1 rings (SSSR count). The SMILES string of the molecule is CCC(C)[C@H](NC(=O)COc1ccccc1C#N)C(=O)O. The van der Waals surface area contributed by atoms with Gasteiger partial charge in [0, 0.05) is 0 Å². The average molecular weight is 290 g/mol. The minimum absolute atomic E-state index is 0.183. The molecular weight excluding hydrogens is 272 g/mol. The molecule has 1 unspecified atom stereocenters. The van der Waals surface area contributed by atoms with E-state index in [0.717, 1.165) is 0 Å². The molecule has 0 spiro atoms. The minimum Gasteiger partial charge on any atom is -0.482 e. The Morgan fingerprint density at radius 1 is 1.43 bits per heavy atom. The van der Waals surface area contributed by atoms with Gasteiger partial charge in [0.15, 0.2) is 6.61 Å². The smallest absolute Gasteiger partial charge is 0.326 e. The van der Waals surface area contributed by atoms with E-state index in [1.807, 2.05) is 13.0 Å². The first-order valence-electron chi connectivity index (χ1n) is 6.63. The minimum atomic E-state index is -1.07. The molecular formula is C15H18N2O4. The van der Waals surface area contributed by atoms with Crippen molar-refractivity contribution in [1.29, 1.82) is 5.26 Å². The number of nitrogens with one attached hydrogen (secondary N) is 1. The lowest BCUT2D eigenvalue weighted by Crippen LogP contribution is -2.46. The Hall–Kier alpha value is -2.55. The summed E-state index contributed by atoms with van der Waals surface area (Å²) >= 11 is 0. The molecule has 0 saturated carbocycles. The van der Waals surface area contributed by atoms with Gasteiger partial charge >= 0.3 is 5.97 Å². The van der Waals surface area contributed by atoms with E-state index >= 15 is 0 Å². The first-order valence-corrected chi connectivity index (χ1v) is 6.63. The van der Waals surface area contributed by atoms with Crippen LogP contribution in [0.15, 0.2) is 24.3 Å². The zero-order valence-corrected chi connectivity index (χ0v) is 12.0. The molecule has 0 bridgehead atoms. The number of aliphatic carboxylic acids is 1. The molecule has 0 saturated heterocycles. The zero-order chi connectivity index (χ0) is 15.8. The molecule has 6 heteroatoms. The second-order valence-electron chi connectivity index (χ2n) is 4.67. The zero-order valence-electron chi connectivity index (χ0n) is 12.0. The Balaban J connectivity index is 2.61. The standard InChI is InChI=1S/C15H18N2O4/c1-3-10(2)14(15(19)20)17-13(18)9-21-12-7-5-4-6-11(12)8-16/h4-7,10,14H,3,9H2,1-2H3,(H,17,18)(H,19,20)/t10?,14-/m0/s1. The molecule has 6 nitrogen and oxygen atoms in total. The predicted octanol–water partition coefficient (Wildman–Crippen LogP) is 1.55. The average Bonchev–Trinajstić information content (AvgIpc) is 2.49. The number of benzene rings is 1. The van der Waals surface area contributed by atoms with Crippen LogP contribution < -0.4 is 10.1 Å². The number of carboxylic acids is 1. The van der Waals surface area contributed by atoms with Crippen LogP contribution in [0.2, 0.25) is 0 Å². The van der Waals surface area contributed by atoms with Crippen LogP contribution in [0, 0.1) is 17.2 Å². The molecule has 1 aromatic carbocycles. The van der Waals surface area contributed by atoms with Crippen molar-refractivity contribution >= 4 is 11.9 Å². The Bertz CT molecular complexity index is 551. The van der Waals surface area contributed by atoms with E-state index in [1.54, 1.807) is 31.2 Å². The van der Waals surface area contributed by atoms with Crippen molar-refractivity contribution in [2.45, 2.75) is 26.3 Å². The highest BCUT2D eigenvalue weighted by Crippen LogP contribution is 2.16. The molecule has 0 aliphatic carbocycles. The maximum Gasteiger partial charge on any atom is 0.326 e. The van der Waals surface area contributed by atoms with Gasteiger partial charge in [-0.1, -0.05) is 32.4 Å². The lowest BCUT2D eigenvalue weighted by atomic mass is 9.99. The van der Waals surface area contributed by atoms with Gasteiger partial charge in [-0.25, -0.2) is 4.79 Å². The van der Waals surface area contributed by atoms with E-state index < -0.39 is 17.9 Å². The first-order chi connectivity index (χ1) is 9.99. The van der Waals surface area contributed by atoms with Gasteiger partial charge in [-0.2, -0.15) is 5.26 Å². The number of para-hydroxylation sites is 1. The van der Waals surface area contributed by atoms with Crippen molar-refractivity contribution in [3.05, 3.63) is 29.8 Å². The summed E-state index contributed by atoms with van der Waals surface area (Å²) in [5.74, 6) is -1.49. The fourth-order valence-electron chi connectivity index (χ4n) is 1.73. The Labute approximate surface area is 123 Å². The van der Waals surface area contributed by atoms with Gasteiger partial charge in [0.1, 0.15) is 17.9 Å². The van der Waals surface area contributed by atoms with Crippen molar-refractivity contribution in [3.63, 3.8) is 0 Å². The normalized spacial score (nSPS) is 12.8. The van der Waals surface area contributed by atoms with Gasteiger partial charge in [-0.3, -0.25) is 4.79 Å². The van der Waals surface area contributed by atoms with Crippen LogP contribution in [-0.2, 0) is 9.59 Å².